The van der Waals surface area contributed by atoms with Crippen LogP contribution in [0.5, 0.6) is 0 Å². The van der Waals surface area contributed by atoms with Gasteiger partial charge in [-0.2, -0.15) is 0 Å². The number of hydrogen-bond donors (Lipinski definition) is 2. The molecule has 0 bridgehead atoms. The summed E-state index contributed by atoms with van der Waals surface area (Å²) in [5, 5.41) is 12.3. The summed E-state index contributed by atoms with van der Waals surface area (Å²) >= 11 is 0. The molecule has 0 aliphatic carbocycles. The van der Waals surface area contributed by atoms with Crippen molar-refractivity contribution < 1.29 is 9.90 Å². The fourth-order valence-electron chi connectivity index (χ4n) is 2.45. The Morgan fingerprint density at radius 2 is 2.42 bits per heavy atom. The van der Waals surface area contributed by atoms with Gasteiger partial charge in [0.1, 0.15) is 11.7 Å². The van der Waals surface area contributed by atoms with E-state index in [2.05, 4.69) is 10.3 Å². The first-order valence-corrected chi connectivity index (χ1v) is 6.34. The van der Waals surface area contributed by atoms with Gasteiger partial charge in [-0.15, -0.1) is 0 Å². The lowest BCUT2D eigenvalue weighted by Crippen LogP contribution is -2.54. The Bertz CT molecular complexity index is 562. The molecule has 3 rings (SSSR count). The number of imidazole rings is 1. The minimum Gasteiger partial charge on any atom is -0.480 e. The summed E-state index contributed by atoms with van der Waals surface area (Å²) in [7, 11) is 0. The zero-order chi connectivity index (χ0) is 13.2. The highest BCUT2D eigenvalue weighted by atomic mass is 16.4. The number of fused-ring (bicyclic) bond motifs is 1. The van der Waals surface area contributed by atoms with Crippen LogP contribution >= 0.6 is 0 Å². The zero-order valence-electron chi connectivity index (χ0n) is 10.5. The molecule has 0 radical (unpaired) electrons. The predicted molar refractivity (Wildman–Crippen MR) is 69.9 cm³/mol. The van der Waals surface area contributed by atoms with Crippen molar-refractivity contribution in [3.05, 3.63) is 36.3 Å². The van der Waals surface area contributed by atoms with E-state index < -0.39 is 12.0 Å². The third-order valence-electron chi connectivity index (χ3n) is 3.42. The quantitative estimate of drug-likeness (QED) is 0.824. The van der Waals surface area contributed by atoms with Crippen LogP contribution in [0.1, 0.15) is 5.69 Å². The third-order valence-corrected chi connectivity index (χ3v) is 3.42. The van der Waals surface area contributed by atoms with E-state index in [1.807, 2.05) is 39.9 Å². The molecule has 1 saturated heterocycles. The van der Waals surface area contributed by atoms with Crippen molar-refractivity contribution in [3.63, 3.8) is 0 Å². The van der Waals surface area contributed by atoms with Crippen LogP contribution in [-0.2, 0) is 11.3 Å². The van der Waals surface area contributed by atoms with Gasteiger partial charge in [-0.25, -0.2) is 4.98 Å². The van der Waals surface area contributed by atoms with E-state index >= 15 is 0 Å². The van der Waals surface area contributed by atoms with Crippen LogP contribution in [-0.4, -0.2) is 51.0 Å². The first-order chi connectivity index (χ1) is 9.24. The minimum atomic E-state index is -0.782. The molecule has 0 amide bonds. The van der Waals surface area contributed by atoms with E-state index in [-0.39, 0.29) is 0 Å². The van der Waals surface area contributed by atoms with Crippen molar-refractivity contribution in [2.24, 2.45) is 0 Å². The van der Waals surface area contributed by atoms with Gasteiger partial charge in [0.25, 0.3) is 0 Å². The maximum atomic E-state index is 11.2. The highest BCUT2D eigenvalue weighted by Gasteiger charge is 2.28. The topological polar surface area (TPSA) is 69.9 Å². The Kier molecular flexibility index (Phi) is 3.18. The van der Waals surface area contributed by atoms with Gasteiger partial charge < -0.3 is 14.8 Å². The molecule has 3 heterocycles. The lowest BCUT2D eigenvalue weighted by atomic mass is 10.2. The predicted octanol–water partition coefficient (Wildman–Crippen LogP) is 0.193. The van der Waals surface area contributed by atoms with Crippen LogP contribution in [0.15, 0.2) is 30.6 Å². The molecular weight excluding hydrogens is 244 g/mol. The Balaban J connectivity index is 1.80. The summed E-state index contributed by atoms with van der Waals surface area (Å²) in [6.45, 7) is 2.60. The van der Waals surface area contributed by atoms with Crippen LogP contribution in [0, 0.1) is 0 Å². The molecule has 0 saturated carbocycles. The molecular formula is C13H16N4O2. The summed E-state index contributed by atoms with van der Waals surface area (Å²) in [4.78, 5) is 17.7. The molecule has 0 aromatic carbocycles. The summed E-state index contributed by atoms with van der Waals surface area (Å²) in [6, 6.07) is 5.36. The Labute approximate surface area is 110 Å². The number of aliphatic carboxylic acids is 1. The molecule has 2 aromatic rings. The van der Waals surface area contributed by atoms with Crippen molar-refractivity contribution in [1.29, 1.82) is 0 Å². The second-order valence-corrected chi connectivity index (χ2v) is 4.73. The molecule has 1 aliphatic heterocycles. The monoisotopic (exact) mass is 260 g/mol. The van der Waals surface area contributed by atoms with Crippen molar-refractivity contribution in [1.82, 2.24) is 19.6 Å². The van der Waals surface area contributed by atoms with Crippen molar-refractivity contribution in [3.8, 4) is 0 Å². The minimum absolute atomic E-state index is 0.474. The van der Waals surface area contributed by atoms with Crippen LogP contribution < -0.4 is 5.32 Å². The number of hydrogen-bond acceptors (Lipinski definition) is 4. The number of carboxylic acid groups (broad SMARTS) is 1. The van der Waals surface area contributed by atoms with Gasteiger partial charge in [0.05, 0.1) is 5.69 Å². The van der Waals surface area contributed by atoms with Gasteiger partial charge in [0.15, 0.2) is 0 Å². The van der Waals surface area contributed by atoms with E-state index in [1.165, 1.54) is 0 Å². The number of nitrogens with zero attached hydrogens (tertiary/aromatic N) is 3. The zero-order valence-corrected chi connectivity index (χ0v) is 10.5. The molecule has 1 fully saturated rings. The standard InChI is InChI=1S/C13H16N4O2/c18-13(19)11-7-14-4-6-16(11)8-10-9-17-5-2-1-3-12(17)15-10/h1-3,5,9,11,14H,4,6-8H2,(H,18,19). The SMILES string of the molecule is O=C(O)C1CNCCN1Cc1cn2ccccc2n1. The molecule has 1 aliphatic rings. The third kappa shape index (κ3) is 2.45. The van der Waals surface area contributed by atoms with Gasteiger partial charge in [-0.3, -0.25) is 9.69 Å². The average molecular weight is 260 g/mol. The summed E-state index contributed by atoms with van der Waals surface area (Å²) < 4.78 is 1.95. The molecule has 0 spiro atoms. The van der Waals surface area contributed by atoms with E-state index in [4.69, 9.17) is 0 Å². The lowest BCUT2D eigenvalue weighted by molar-refractivity contribution is -0.144. The number of pyridine rings is 1. The molecule has 2 aromatic heterocycles. The van der Waals surface area contributed by atoms with Crippen LogP contribution in [0.3, 0.4) is 0 Å². The molecule has 1 atom stereocenters. The number of nitrogens with one attached hydrogen (secondary N) is 1. The second kappa shape index (κ2) is 4.99. The number of carbonyl (C=O) groups is 1. The van der Waals surface area contributed by atoms with Crippen molar-refractivity contribution in [2.75, 3.05) is 19.6 Å². The number of rotatable bonds is 3. The first-order valence-electron chi connectivity index (χ1n) is 6.34. The Morgan fingerprint density at radius 1 is 1.53 bits per heavy atom. The largest absolute Gasteiger partial charge is 0.480 e. The van der Waals surface area contributed by atoms with Gasteiger partial charge in [-0.05, 0) is 12.1 Å². The first kappa shape index (κ1) is 12.1. The molecule has 6 nitrogen and oxygen atoms in total. The molecule has 6 heteroatoms. The van der Waals surface area contributed by atoms with Crippen LogP contribution in [0.2, 0.25) is 0 Å². The smallest absolute Gasteiger partial charge is 0.322 e. The van der Waals surface area contributed by atoms with Crippen LogP contribution in [0.25, 0.3) is 5.65 Å². The highest BCUT2D eigenvalue weighted by molar-refractivity contribution is 5.74. The normalized spacial score (nSPS) is 20.7. The summed E-state index contributed by atoms with van der Waals surface area (Å²) in [6.07, 6.45) is 3.90. The van der Waals surface area contributed by atoms with Crippen LogP contribution in [0.4, 0.5) is 0 Å². The summed E-state index contributed by atoms with van der Waals surface area (Å²) in [5.74, 6) is -0.782. The van der Waals surface area contributed by atoms with E-state index in [0.717, 1.165) is 24.4 Å². The number of piperazine rings is 1. The lowest BCUT2D eigenvalue weighted by Gasteiger charge is -2.32. The number of carboxylic acids is 1. The molecule has 19 heavy (non-hydrogen) atoms. The van der Waals surface area contributed by atoms with Crippen molar-refractivity contribution in [2.45, 2.75) is 12.6 Å². The highest BCUT2D eigenvalue weighted by Crippen LogP contribution is 2.11. The second-order valence-electron chi connectivity index (χ2n) is 4.73. The maximum absolute atomic E-state index is 11.2. The molecule has 2 N–H and O–H groups in total. The molecule has 100 valence electrons. The fraction of sp³-hybridized carbons (Fsp3) is 0.385. The van der Waals surface area contributed by atoms with Gasteiger partial charge in [-0.1, -0.05) is 6.07 Å². The molecule has 1 unspecified atom stereocenters. The average Bonchev–Trinajstić information content (AvgIpc) is 2.81. The van der Waals surface area contributed by atoms with Crippen molar-refractivity contribution >= 4 is 11.6 Å². The summed E-state index contributed by atoms with van der Waals surface area (Å²) in [5.41, 5.74) is 1.79. The Morgan fingerprint density at radius 3 is 3.21 bits per heavy atom. The van der Waals surface area contributed by atoms with Gasteiger partial charge >= 0.3 is 5.97 Å². The maximum Gasteiger partial charge on any atom is 0.322 e. The number of aromatic nitrogens is 2. The van der Waals surface area contributed by atoms with E-state index in [0.29, 0.717) is 13.1 Å². The van der Waals surface area contributed by atoms with E-state index in [1.54, 1.807) is 0 Å². The van der Waals surface area contributed by atoms with Gasteiger partial charge in [0, 0.05) is 38.6 Å². The van der Waals surface area contributed by atoms with E-state index in [9.17, 15) is 9.90 Å². The fourth-order valence-corrected chi connectivity index (χ4v) is 2.45. The Hall–Kier alpha value is -1.92. The van der Waals surface area contributed by atoms with Gasteiger partial charge in [0.2, 0.25) is 0 Å².